The number of piperidine rings is 1. The monoisotopic (exact) mass is 406 g/mol. The minimum absolute atomic E-state index is 0.189. The van der Waals surface area contributed by atoms with Gasteiger partial charge in [0.25, 0.3) is 5.91 Å². The van der Waals surface area contributed by atoms with Crippen molar-refractivity contribution in [2.45, 2.75) is 50.9 Å². The smallest absolute Gasteiger partial charge is 0.255 e. The minimum Gasteiger partial charge on any atom is -0.322 e. The summed E-state index contributed by atoms with van der Waals surface area (Å²) >= 11 is 0. The molecule has 3 heterocycles. The zero-order valence-corrected chi connectivity index (χ0v) is 16.0. The van der Waals surface area contributed by atoms with Crippen LogP contribution in [0, 0.1) is 0 Å². The van der Waals surface area contributed by atoms with Gasteiger partial charge in [0, 0.05) is 57.2 Å². The Labute approximate surface area is 167 Å². The first kappa shape index (κ1) is 19.9. The van der Waals surface area contributed by atoms with Crippen LogP contribution in [-0.2, 0) is 22.7 Å². The number of hydrogen-bond acceptors (Lipinski definition) is 5. The van der Waals surface area contributed by atoms with Gasteiger partial charge in [0.2, 0.25) is 18.2 Å². The van der Waals surface area contributed by atoms with Gasteiger partial charge in [0.15, 0.2) is 0 Å². The van der Waals surface area contributed by atoms with E-state index in [2.05, 4.69) is 15.5 Å². The zero-order valence-electron chi connectivity index (χ0n) is 16.0. The molecule has 9 heteroatoms. The standard InChI is InChI=1S/C20H24F2N4O3/c21-16(22)8-14-11-25(7-6-23-14)9-12-2-1-3-13-10-26(20(29)18(12)13)15-4-5-17(27)24-19(15)28/h1-3,14-16,23H,4-11H2,(H,24,27,28). The molecular weight excluding hydrogens is 382 g/mol. The van der Waals surface area contributed by atoms with Gasteiger partial charge in [-0.3, -0.25) is 24.6 Å². The SMILES string of the molecule is O=C1CCC(N2Cc3cccc(CN4CCNC(CC(F)F)C4)c3C2=O)C(=O)N1. The number of fused-ring (bicyclic) bond motifs is 1. The van der Waals surface area contributed by atoms with Gasteiger partial charge in [0.1, 0.15) is 6.04 Å². The molecule has 2 N–H and O–H groups in total. The number of nitrogens with zero attached hydrogens (tertiary/aromatic N) is 2. The van der Waals surface area contributed by atoms with Crippen molar-refractivity contribution in [3.8, 4) is 0 Å². The number of alkyl halides is 2. The molecule has 1 aromatic carbocycles. The number of benzene rings is 1. The Morgan fingerprint density at radius 3 is 2.79 bits per heavy atom. The molecule has 0 saturated carbocycles. The molecule has 2 unspecified atom stereocenters. The lowest BCUT2D eigenvalue weighted by Crippen LogP contribution is -2.52. The van der Waals surface area contributed by atoms with Crippen LogP contribution >= 0.6 is 0 Å². The van der Waals surface area contributed by atoms with Crippen molar-refractivity contribution in [1.82, 2.24) is 20.4 Å². The average molecular weight is 406 g/mol. The summed E-state index contributed by atoms with van der Waals surface area (Å²) in [5.74, 6) is -0.946. The van der Waals surface area contributed by atoms with Gasteiger partial charge >= 0.3 is 0 Å². The summed E-state index contributed by atoms with van der Waals surface area (Å²) < 4.78 is 25.4. The highest BCUT2D eigenvalue weighted by molar-refractivity contribution is 6.05. The summed E-state index contributed by atoms with van der Waals surface area (Å²) in [6.45, 7) is 2.68. The van der Waals surface area contributed by atoms with Crippen LogP contribution in [0.15, 0.2) is 18.2 Å². The molecule has 3 aliphatic rings. The maximum absolute atomic E-state index is 13.1. The normalized spacial score (nSPS) is 25.5. The Bertz CT molecular complexity index is 832. The average Bonchev–Trinajstić information content (AvgIpc) is 2.99. The van der Waals surface area contributed by atoms with Gasteiger partial charge in [-0.2, -0.15) is 0 Å². The fraction of sp³-hybridized carbons (Fsp3) is 0.550. The molecule has 2 saturated heterocycles. The number of halogens is 2. The van der Waals surface area contributed by atoms with Gasteiger partial charge in [-0.25, -0.2) is 8.78 Å². The lowest BCUT2D eigenvalue weighted by Gasteiger charge is -2.34. The van der Waals surface area contributed by atoms with Gasteiger partial charge in [-0.05, 0) is 17.5 Å². The zero-order chi connectivity index (χ0) is 20.5. The van der Waals surface area contributed by atoms with Crippen molar-refractivity contribution in [3.05, 3.63) is 34.9 Å². The van der Waals surface area contributed by atoms with Crippen molar-refractivity contribution in [2.24, 2.45) is 0 Å². The van der Waals surface area contributed by atoms with Crippen molar-refractivity contribution in [2.75, 3.05) is 19.6 Å². The molecule has 7 nitrogen and oxygen atoms in total. The molecule has 0 aromatic heterocycles. The van der Waals surface area contributed by atoms with Crippen LogP contribution in [0.5, 0.6) is 0 Å². The summed E-state index contributed by atoms with van der Waals surface area (Å²) in [6, 6.07) is 4.73. The first-order valence-electron chi connectivity index (χ1n) is 9.91. The van der Waals surface area contributed by atoms with Gasteiger partial charge in [0.05, 0.1) is 0 Å². The van der Waals surface area contributed by atoms with E-state index in [0.29, 0.717) is 44.7 Å². The first-order chi connectivity index (χ1) is 13.9. The number of nitrogens with one attached hydrogen (secondary N) is 2. The molecule has 3 aliphatic heterocycles. The van der Waals surface area contributed by atoms with E-state index in [1.54, 1.807) is 0 Å². The summed E-state index contributed by atoms with van der Waals surface area (Å²) in [7, 11) is 0. The number of carbonyl (C=O) groups is 3. The second kappa shape index (κ2) is 8.16. The van der Waals surface area contributed by atoms with Crippen molar-refractivity contribution in [3.63, 3.8) is 0 Å². The third kappa shape index (κ3) is 4.16. The number of hydrogen-bond donors (Lipinski definition) is 2. The van der Waals surface area contributed by atoms with E-state index in [1.165, 1.54) is 4.90 Å². The summed E-state index contributed by atoms with van der Waals surface area (Å²) in [6.07, 6.45) is -1.99. The van der Waals surface area contributed by atoms with Crippen LogP contribution in [-0.4, -0.2) is 65.7 Å². The molecule has 0 spiro atoms. The second-order valence-corrected chi connectivity index (χ2v) is 7.86. The highest BCUT2D eigenvalue weighted by Gasteiger charge is 2.40. The third-order valence-corrected chi connectivity index (χ3v) is 5.84. The topological polar surface area (TPSA) is 81.8 Å². The third-order valence-electron chi connectivity index (χ3n) is 5.84. The number of rotatable bonds is 5. The lowest BCUT2D eigenvalue weighted by molar-refractivity contribution is -0.136. The number of carbonyl (C=O) groups excluding carboxylic acids is 3. The first-order valence-corrected chi connectivity index (χ1v) is 9.91. The van der Waals surface area contributed by atoms with Gasteiger partial charge < -0.3 is 10.2 Å². The summed E-state index contributed by atoms with van der Waals surface area (Å²) in [5, 5.41) is 5.42. The molecule has 0 aliphatic carbocycles. The summed E-state index contributed by atoms with van der Waals surface area (Å²) in [5.41, 5.74) is 2.30. The highest BCUT2D eigenvalue weighted by atomic mass is 19.3. The summed E-state index contributed by atoms with van der Waals surface area (Å²) in [4.78, 5) is 40.4. The second-order valence-electron chi connectivity index (χ2n) is 7.86. The minimum atomic E-state index is -2.35. The number of piperazine rings is 1. The molecule has 3 amide bonds. The number of amides is 3. The van der Waals surface area contributed by atoms with E-state index in [0.717, 1.165) is 11.1 Å². The fourth-order valence-corrected chi connectivity index (χ4v) is 4.47. The molecular formula is C20H24F2N4O3. The quantitative estimate of drug-likeness (QED) is 0.710. The van der Waals surface area contributed by atoms with Crippen LogP contribution in [0.3, 0.4) is 0 Å². The molecule has 2 atom stereocenters. The molecule has 0 radical (unpaired) electrons. The predicted octanol–water partition coefficient (Wildman–Crippen LogP) is 0.877. The number of imide groups is 1. The van der Waals surface area contributed by atoms with E-state index in [1.807, 2.05) is 18.2 Å². The Kier molecular flexibility index (Phi) is 5.60. The Morgan fingerprint density at radius 2 is 2.03 bits per heavy atom. The fourth-order valence-electron chi connectivity index (χ4n) is 4.47. The van der Waals surface area contributed by atoms with Crippen LogP contribution in [0.2, 0.25) is 0 Å². The molecule has 4 rings (SSSR count). The maximum atomic E-state index is 13.1. The van der Waals surface area contributed by atoms with Crippen molar-refractivity contribution < 1.29 is 23.2 Å². The largest absolute Gasteiger partial charge is 0.322 e. The highest BCUT2D eigenvalue weighted by Crippen LogP contribution is 2.30. The van der Waals surface area contributed by atoms with Crippen molar-refractivity contribution in [1.29, 1.82) is 0 Å². The maximum Gasteiger partial charge on any atom is 0.255 e. The Balaban J connectivity index is 1.49. The molecule has 2 fully saturated rings. The van der Waals surface area contributed by atoms with Gasteiger partial charge in [-0.1, -0.05) is 18.2 Å². The van der Waals surface area contributed by atoms with Crippen LogP contribution < -0.4 is 10.6 Å². The molecule has 0 bridgehead atoms. The van der Waals surface area contributed by atoms with Crippen LogP contribution in [0.4, 0.5) is 8.78 Å². The van der Waals surface area contributed by atoms with Gasteiger partial charge in [-0.15, -0.1) is 0 Å². The lowest BCUT2D eigenvalue weighted by atomic mass is 10.0. The Morgan fingerprint density at radius 1 is 1.21 bits per heavy atom. The van der Waals surface area contributed by atoms with Crippen molar-refractivity contribution >= 4 is 17.7 Å². The van der Waals surface area contributed by atoms with E-state index in [-0.39, 0.29) is 30.7 Å². The molecule has 1 aromatic rings. The van der Waals surface area contributed by atoms with E-state index < -0.39 is 18.4 Å². The predicted molar refractivity (Wildman–Crippen MR) is 100 cm³/mol. The molecule has 29 heavy (non-hydrogen) atoms. The van der Waals surface area contributed by atoms with E-state index in [9.17, 15) is 23.2 Å². The van der Waals surface area contributed by atoms with Crippen LogP contribution in [0.25, 0.3) is 0 Å². The van der Waals surface area contributed by atoms with Crippen LogP contribution in [0.1, 0.15) is 40.7 Å². The Hall–Kier alpha value is -2.39. The van der Waals surface area contributed by atoms with E-state index in [4.69, 9.17) is 0 Å². The molecule has 156 valence electrons. The van der Waals surface area contributed by atoms with E-state index >= 15 is 0 Å².